The van der Waals surface area contributed by atoms with Gasteiger partial charge in [0.2, 0.25) is 0 Å². The van der Waals surface area contributed by atoms with Crippen LogP contribution in [0.15, 0.2) is 48.5 Å². The maximum Gasteiger partial charge on any atom is 0.406 e. The van der Waals surface area contributed by atoms with Gasteiger partial charge in [-0.05, 0) is 31.5 Å². The number of aryl methyl sites for hydroxylation is 2. The normalized spacial score (nSPS) is 11.8. The maximum atomic E-state index is 11.6. The number of hydrogen-bond acceptors (Lipinski definition) is 8. The number of phenolic OH excluding ortho intramolecular Hbond substituents is 1. The standard InChI is InChI=1S/C26H30N6O4/c1-16-23-17(2)32(30-24(23)25(29-28-16)31(4)5)20-15-19(33)11-12-22(20)36-21(13-14-35-26(34)27-3)18-9-7-6-8-10-18/h6-12,15,21,33H,13-14H2,1-5H3,(H,27,34). The molecule has 36 heavy (non-hydrogen) atoms. The first-order valence-electron chi connectivity index (χ1n) is 11.6. The molecule has 0 aliphatic heterocycles. The summed E-state index contributed by atoms with van der Waals surface area (Å²) in [5.41, 5.74) is 3.81. The molecule has 0 bridgehead atoms. The number of amides is 1. The van der Waals surface area contributed by atoms with Crippen LogP contribution in [-0.2, 0) is 4.74 Å². The highest BCUT2D eigenvalue weighted by atomic mass is 16.5. The zero-order chi connectivity index (χ0) is 25.8. The van der Waals surface area contributed by atoms with Crippen molar-refractivity contribution in [3.63, 3.8) is 0 Å². The molecule has 0 aliphatic carbocycles. The Labute approximate surface area is 209 Å². The Morgan fingerprint density at radius 3 is 2.58 bits per heavy atom. The molecule has 0 saturated carbocycles. The minimum Gasteiger partial charge on any atom is -0.508 e. The van der Waals surface area contributed by atoms with Crippen LogP contribution in [-0.4, -0.2) is 58.9 Å². The van der Waals surface area contributed by atoms with Crippen molar-refractivity contribution in [3.05, 3.63) is 65.5 Å². The number of anilines is 1. The Hall–Kier alpha value is -4.34. The van der Waals surface area contributed by atoms with Crippen LogP contribution in [0.5, 0.6) is 11.5 Å². The van der Waals surface area contributed by atoms with E-state index in [4.69, 9.17) is 14.6 Å². The van der Waals surface area contributed by atoms with Crippen LogP contribution in [0.25, 0.3) is 16.6 Å². The Morgan fingerprint density at radius 2 is 1.89 bits per heavy atom. The van der Waals surface area contributed by atoms with Crippen LogP contribution in [0.2, 0.25) is 0 Å². The van der Waals surface area contributed by atoms with Crippen molar-refractivity contribution < 1.29 is 19.4 Å². The van der Waals surface area contributed by atoms with Crippen LogP contribution >= 0.6 is 0 Å². The number of carbonyl (C=O) groups is 1. The molecule has 1 unspecified atom stereocenters. The fraction of sp³-hybridized carbons (Fsp3) is 0.308. The summed E-state index contributed by atoms with van der Waals surface area (Å²) in [6.07, 6.45) is -0.484. The largest absolute Gasteiger partial charge is 0.508 e. The van der Waals surface area contributed by atoms with Crippen molar-refractivity contribution in [1.82, 2.24) is 25.3 Å². The molecule has 2 heterocycles. The second-order valence-electron chi connectivity index (χ2n) is 8.57. The molecule has 1 atom stereocenters. The van der Waals surface area contributed by atoms with Crippen molar-refractivity contribution in [2.45, 2.75) is 26.4 Å². The van der Waals surface area contributed by atoms with Crippen molar-refractivity contribution in [3.8, 4) is 17.2 Å². The molecule has 0 aliphatic rings. The molecule has 188 valence electrons. The topological polar surface area (TPSA) is 115 Å². The van der Waals surface area contributed by atoms with E-state index >= 15 is 0 Å². The SMILES string of the molecule is CNC(=O)OCCC(Oc1ccc(O)cc1-n1nc2c(N(C)C)nnc(C)c2c1C)c1ccccc1. The first-order valence-corrected chi connectivity index (χ1v) is 11.6. The van der Waals surface area contributed by atoms with E-state index in [0.29, 0.717) is 29.2 Å². The van der Waals surface area contributed by atoms with Crippen molar-refractivity contribution in [1.29, 1.82) is 0 Å². The number of fused-ring (bicyclic) bond motifs is 1. The van der Waals surface area contributed by atoms with Gasteiger partial charge in [0.25, 0.3) is 0 Å². The Kier molecular flexibility index (Phi) is 7.23. The molecular weight excluding hydrogens is 460 g/mol. The first kappa shape index (κ1) is 24.8. The highest BCUT2D eigenvalue weighted by Gasteiger charge is 2.22. The Morgan fingerprint density at radius 1 is 1.14 bits per heavy atom. The smallest absolute Gasteiger partial charge is 0.406 e. The van der Waals surface area contributed by atoms with E-state index < -0.39 is 12.2 Å². The van der Waals surface area contributed by atoms with E-state index in [0.717, 1.165) is 22.3 Å². The third-order valence-electron chi connectivity index (χ3n) is 5.84. The number of rotatable bonds is 8. The monoisotopic (exact) mass is 490 g/mol. The number of nitrogens with one attached hydrogen (secondary N) is 1. The van der Waals surface area contributed by atoms with Gasteiger partial charge in [-0.25, -0.2) is 9.48 Å². The van der Waals surface area contributed by atoms with Crippen molar-refractivity contribution in [2.75, 3.05) is 32.6 Å². The Bertz CT molecular complexity index is 1370. The predicted octanol–water partition coefficient (Wildman–Crippen LogP) is 4.07. The number of hydrogen-bond donors (Lipinski definition) is 2. The van der Waals surface area contributed by atoms with E-state index in [1.807, 2.05) is 63.2 Å². The summed E-state index contributed by atoms with van der Waals surface area (Å²) in [6.45, 7) is 4.01. The van der Waals surface area contributed by atoms with Gasteiger partial charge in [0, 0.05) is 33.6 Å². The molecule has 2 N–H and O–H groups in total. The molecule has 0 saturated heterocycles. The third-order valence-corrected chi connectivity index (χ3v) is 5.84. The van der Waals surface area contributed by atoms with E-state index in [1.165, 1.54) is 7.05 Å². The lowest BCUT2D eigenvalue weighted by atomic mass is 10.1. The van der Waals surface area contributed by atoms with E-state index in [9.17, 15) is 9.90 Å². The van der Waals surface area contributed by atoms with Crippen LogP contribution in [0, 0.1) is 13.8 Å². The first-order chi connectivity index (χ1) is 17.3. The molecule has 1 amide bonds. The lowest BCUT2D eigenvalue weighted by Crippen LogP contribution is -2.21. The summed E-state index contributed by atoms with van der Waals surface area (Å²) in [6, 6.07) is 14.6. The summed E-state index contributed by atoms with van der Waals surface area (Å²) < 4.78 is 13.4. The molecule has 10 nitrogen and oxygen atoms in total. The second kappa shape index (κ2) is 10.5. The summed E-state index contributed by atoms with van der Waals surface area (Å²) in [7, 11) is 5.30. The lowest BCUT2D eigenvalue weighted by molar-refractivity contribution is 0.117. The fourth-order valence-corrected chi connectivity index (χ4v) is 4.06. The number of ether oxygens (including phenoxy) is 2. The molecule has 2 aromatic heterocycles. The average molecular weight is 491 g/mol. The molecule has 0 fully saturated rings. The van der Waals surface area contributed by atoms with Gasteiger partial charge in [-0.15, -0.1) is 5.10 Å². The summed E-state index contributed by atoms with van der Waals surface area (Å²) in [4.78, 5) is 13.4. The number of benzene rings is 2. The van der Waals surface area contributed by atoms with Crippen molar-refractivity contribution >= 4 is 22.8 Å². The van der Waals surface area contributed by atoms with E-state index in [-0.39, 0.29) is 12.4 Å². The van der Waals surface area contributed by atoms with Gasteiger partial charge in [-0.3, -0.25) is 0 Å². The van der Waals surface area contributed by atoms with E-state index in [1.54, 1.807) is 22.9 Å². The number of aromatic hydroxyl groups is 1. The van der Waals surface area contributed by atoms with Gasteiger partial charge in [-0.1, -0.05) is 30.3 Å². The molecule has 4 aromatic rings. The van der Waals surface area contributed by atoms with E-state index in [2.05, 4.69) is 15.5 Å². The quantitative estimate of drug-likeness (QED) is 0.380. The number of aromatic nitrogens is 4. The van der Waals surface area contributed by atoms with Gasteiger partial charge in [0.05, 0.1) is 23.4 Å². The van der Waals surface area contributed by atoms with Gasteiger partial charge in [0.15, 0.2) is 5.82 Å². The average Bonchev–Trinajstić information content (AvgIpc) is 3.22. The predicted molar refractivity (Wildman–Crippen MR) is 137 cm³/mol. The molecule has 2 aromatic carbocycles. The number of carbonyl (C=O) groups excluding carboxylic acids is 1. The minimum atomic E-state index is -0.500. The highest BCUT2D eigenvalue weighted by molar-refractivity contribution is 5.92. The number of nitrogens with zero attached hydrogens (tertiary/aromatic N) is 5. The summed E-state index contributed by atoms with van der Waals surface area (Å²) in [5.74, 6) is 1.24. The molecule has 4 rings (SSSR count). The van der Waals surface area contributed by atoms with Gasteiger partial charge < -0.3 is 24.8 Å². The Balaban J connectivity index is 1.77. The number of phenols is 1. The highest BCUT2D eigenvalue weighted by Crippen LogP contribution is 2.35. The number of alkyl carbamates (subject to hydrolysis) is 1. The zero-order valence-corrected chi connectivity index (χ0v) is 21.0. The van der Waals surface area contributed by atoms with Crippen LogP contribution in [0.4, 0.5) is 10.6 Å². The fourth-order valence-electron chi connectivity index (χ4n) is 4.06. The minimum absolute atomic E-state index is 0.0799. The summed E-state index contributed by atoms with van der Waals surface area (Å²) in [5, 5.41) is 27.1. The third kappa shape index (κ3) is 5.02. The van der Waals surface area contributed by atoms with Crippen LogP contribution in [0.3, 0.4) is 0 Å². The molecule has 0 radical (unpaired) electrons. The van der Waals surface area contributed by atoms with Gasteiger partial charge >= 0.3 is 6.09 Å². The summed E-state index contributed by atoms with van der Waals surface area (Å²) >= 11 is 0. The van der Waals surface area contributed by atoms with Crippen LogP contribution in [0.1, 0.15) is 29.5 Å². The lowest BCUT2D eigenvalue weighted by Gasteiger charge is -2.22. The second-order valence-corrected chi connectivity index (χ2v) is 8.57. The van der Waals surface area contributed by atoms with Gasteiger partial charge in [0.1, 0.15) is 28.8 Å². The molecule has 0 spiro atoms. The maximum absolute atomic E-state index is 11.6. The molecule has 10 heteroatoms. The van der Waals surface area contributed by atoms with Crippen LogP contribution < -0.4 is 15.0 Å². The zero-order valence-electron chi connectivity index (χ0n) is 21.0. The van der Waals surface area contributed by atoms with Crippen molar-refractivity contribution in [2.24, 2.45) is 0 Å². The molecular formula is C26H30N6O4. The van der Waals surface area contributed by atoms with Gasteiger partial charge in [-0.2, -0.15) is 10.2 Å².